The zero-order valence-electron chi connectivity index (χ0n) is 10.6. The number of aromatic nitrogens is 2. The van der Waals surface area contributed by atoms with Crippen LogP contribution in [0.25, 0.3) is 0 Å². The molecule has 1 aromatic carbocycles. The van der Waals surface area contributed by atoms with Crippen LogP contribution in [-0.4, -0.2) is 23.7 Å². The average Bonchev–Trinajstić information content (AvgIpc) is 2.76. The lowest BCUT2D eigenvalue weighted by atomic mass is 10.3. The topological polar surface area (TPSA) is 95.1 Å². The molecule has 0 aliphatic heterocycles. The molecule has 2 rings (SSSR count). The lowest BCUT2D eigenvalue weighted by molar-refractivity contribution is 0.273. The Morgan fingerprint density at radius 3 is 2.38 bits per heavy atom. The Hall–Kier alpha value is -2.07. The third kappa shape index (κ3) is 2.85. The molecule has 0 bridgehead atoms. The Bertz CT molecular complexity index is 766. The minimum Gasteiger partial charge on any atom is -0.390 e. The standard InChI is InChI=1S/C11H10F3N3O3S/c1-5-11(9(4-18)16-15-5)21(19,20)17-10-7(13)2-6(12)3-8(10)14/h2-3,17-18H,4H2,1H3,(H,15,16). The van der Waals surface area contributed by atoms with Crippen molar-refractivity contribution in [2.45, 2.75) is 18.4 Å². The zero-order valence-corrected chi connectivity index (χ0v) is 11.4. The summed E-state index contributed by atoms with van der Waals surface area (Å²) in [6.45, 7) is 0.674. The molecule has 3 N–H and O–H groups in total. The van der Waals surface area contributed by atoms with Crippen LogP contribution in [0.4, 0.5) is 18.9 Å². The Morgan fingerprint density at radius 2 is 1.86 bits per heavy atom. The number of hydrogen-bond donors (Lipinski definition) is 3. The van der Waals surface area contributed by atoms with Crippen LogP contribution < -0.4 is 4.72 Å². The number of aromatic amines is 1. The molecule has 10 heteroatoms. The molecule has 2 aromatic rings. The first-order chi connectivity index (χ1) is 9.76. The maximum Gasteiger partial charge on any atom is 0.265 e. The maximum absolute atomic E-state index is 13.5. The molecular weight excluding hydrogens is 311 g/mol. The lowest BCUT2D eigenvalue weighted by Crippen LogP contribution is -2.17. The number of anilines is 1. The fourth-order valence-electron chi connectivity index (χ4n) is 1.76. The summed E-state index contributed by atoms with van der Waals surface area (Å²) in [5.41, 5.74) is -1.14. The molecule has 6 nitrogen and oxygen atoms in total. The van der Waals surface area contributed by atoms with Gasteiger partial charge in [-0.05, 0) is 6.92 Å². The van der Waals surface area contributed by atoms with E-state index in [1.54, 1.807) is 4.72 Å². The van der Waals surface area contributed by atoms with E-state index in [1.165, 1.54) is 6.92 Å². The monoisotopic (exact) mass is 321 g/mol. The molecule has 0 unspecified atom stereocenters. The predicted molar refractivity (Wildman–Crippen MR) is 66.4 cm³/mol. The first-order valence-electron chi connectivity index (χ1n) is 5.58. The normalized spacial score (nSPS) is 11.7. The molecule has 0 saturated carbocycles. The van der Waals surface area contributed by atoms with Gasteiger partial charge in [-0.25, -0.2) is 21.6 Å². The van der Waals surface area contributed by atoms with Gasteiger partial charge in [0, 0.05) is 12.1 Å². The first kappa shape index (κ1) is 15.3. The minimum absolute atomic E-state index is 0.0782. The number of rotatable bonds is 4. The number of benzene rings is 1. The molecule has 0 aliphatic rings. The van der Waals surface area contributed by atoms with E-state index in [-0.39, 0.29) is 11.4 Å². The molecule has 0 saturated heterocycles. The van der Waals surface area contributed by atoms with Crippen molar-refractivity contribution in [2.75, 3.05) is 4.72 Å². The minimum atomic E-state index is -4.41. The third-order valence-corrected chi connectivity index (χ3v) is 4.18. The van der Waals surface area contributed by atoms with Crippen LogP contribution in [0.3, 0.4) is 0 Å². The fourth-order valence-corrected chi connectivity index (χ4v) is 3.19. The summed E-state index contributed by atoms with van der Waals surface area (Å²) in [5.74, 6) is -3.98. The van der Waals surface area contributed by atoms with Crippen LogP contribution in [0.15, 0.2) is 17.0 Å². The van der Waals surface area contributed by atoms with E-state index >= 15 is 0 Å². The Balaban J connectivity index is 2.50. The molecule has 1 aromatic heterocycles. The number of nitrogens with zero attached hydrogens (tertiary/aromatic N) is 1. The highest BCUT2D eigenvalue weighted by Gasteiger charge is 2.26. The zero-order chi connectivity index (χ0) is 15.8. The molecule has 0 spiro atoms. The summed E-state index contributed by atoms with van der Waals surface area (Å²) in [6.07, 6.45) is 0. The summed E-state index contributed by atoms with van der Waals surface area (Å²) >= 11 is 0. The van der Waals surface area contributed by atoms with Gasteiger partial charge in [-0.2, -0.15) is 5.10 Å². The van der Waals surface area contributed by atoms with Crippen molar-refractivity contribution in [1.82, 2.24) is 10.2 Å². The quantitative estimate of drug-likeness (QED) is 0.794. The summed E-state index contributed by atoms with van der Waals surface area (Å²) < 4.78 is 65.7. The summed E-state index contributed by atoms with van der Waals surface area (Å²) in [5, 5.41) is 14.9. The number of aliphatic hydroxyl groups excluding tert-OH is 1. The van der Waals surface area contributed by atoms with Crippen molar-refractivity contribution in [3.05, 3.63) is 41.0 Å². The number of nitrogens with one attached hydrogen (secondary N) is 2. The predicted octanol–water partition coefficient (Wildman–Crippen LogP) is 1.43. The summed E-state index contributed by atoms with van der Waals surface area (Å²) in [4.78, 5) is -0.423. The van der Waals surface area contributed by atoms with Gasteiger partial charge in [0.15, 0.2) is 11.6 Å². The van der Waals surface area contributed by atoms with E-state index in [1.807, 2.05) is 0 Å². The van der Waals surface area contributed by atoms with Gasteiger partial charge in [0.05, 0.1) is 12.3 Å². The third-order valence-electron chi connectivity index (χ3n) is 2.62. The van der Waals surface area contributed by atoms with Gasteiger partial charge in [-0.3, -0.25) is 9.82 Å². The van der Waals surface area contributed by atoms with E-state index in [4.69, 9.17) is 5.11 Å². The molecule has 0 radical (unpaired) electrons. The Morgan fingerprint density at radius 1 is 1.29 bits per heavy atom. The SMILES string of the molecule is Cc1[nH]nc(CO)c1S(=O)(=O)Nc1c(F)cc(F)cc1F. The van der Waals surface area contributed by atoms with Crippen LogP contribution in [-0.2, 0) is 16.6 Å². The number of aliphatic hydroxyl groups is 1. The van der Waals surface area contributed by atoms with E-state index < -0.39 is 44.7 Å². The van der Waals surface area contributed by atoms with Crippen molar-refractivity contribution in [2.24, 2.45) is 0 Å². The van der Waals surface area contributed by atoms with Crippen LogP contribution in [0.1, 0.15) is 11.4 Å². The van der Waals surface area contributed by atoms with Crippen molar-refractivity contribution in [3.8, 4) is 0 Å². The van der Waals surface area contributed by atoms with Gasteiger partial charge in [0.2, 0.25) is 0 Å². The highest BCUT2D eigenvalue weighted by atomic mass is 32.2. The van der Waals surface area contributed by atoms with Crippen molar-refractivity contribution in [3.63, 3.8) is 0 Å². The molecule has 0 atom stereocenters. The second-order valence-corrected chi connectivity index (χ2v) is 5.75. The molecule has 21 heavy (non-hydrogen) atoms. The first-order valence-corrected chi connectivity index (χ1v) is 7.06. The van der Waals surface area contributed by atoms with Crippen LogP contribution in [0.2, 0.25) is 0 Å². The number of sulfonamides is 1. The van der Waals surface area contributed by atoms with E-state index in [0.29, 0.717) is 12.1 Å². The summed E-state index contributed by atoms with van der Waals surface area (Å²) in [7, 11) is -4.41. The molecule has 0 amide bonds. The second-order valence-electron chi connectivity index (χ2n) is 4.13. The van der Waals surface area contributed by atoms with Gasteiger partial charge >= 0.3 is 0 Å². The highest BCUT2D eigenvalue weighted by molar-refractivity contribution is 7.92. The number of aryl methyl sites for hydroxylation is 1. The van der Waals surface area contributed by atoms with Gasteiger partial charge in [-0.15, -0.1) is 0 Å². The average molecular weight is 321 g/mol. The number of hydrogen-bond acceptors (Lipinski definition) is 4. The van der Waals surface area contributed by atoms with Gasteiger partial charge in [-0.1, -0.05) is 0 Å². The van der Waals surface area contributed by atoms with Gasteiger partial charge in [0.1, 0.15) is 22.1 Å². The van der Waals surface area contributed by atoms with Crippen LogP contribution in [0.5, 0.6) is 0 Å². The largest absolute Gasteiger partial charge is 0.390 e. The van der Waals surface area contributed by atoms with Gasteiger partial charge < -0.3 is 5.11 Å². The number of halogens is 3. The maximum atomic E-state index is 13.5. The Kier molecular flexibility index (Phi) is 3.92. The van der Waals surface area contributed by atoms with E-state index in [2.05, 4.69) is 10.2 Å². The summed E-state index contributed by atoms with van der Waals surface area (Å²) in [6, 6.07) is 0.687. The van der Waals surface area contributed by atoms with Crippen molar-refractivity contribution in [1.29, 1.82) is 0 Å². The van der Waals surface area contributed by atoms with Crippen molar-refractivity contribution >= 4 is 15.7 Å². The fraction of sp³-hybridized carbons (Fsp3) is 0.182. The van der Waals surface area contributed by atoms with Crippen LogP contribution in [0, 0.1) is 24.4 Å². The second kappa shape index (κ2) is 5.37. The molecule has 0 fully saturated rings. The van der Waals surface area contributed by atoms with Crippen LogP contribution >= 0.6 is 0 Å². The molecule has 1 heterocycles. The smallest absolute Gasteiger partial charge is 0.265 e. The highest BCUT2D eigenvalue weighted by Crippen LogP contribution is 2.25. The molecule has 114 valence electrons. The number of H-pyrrole nitrogens is 1. The van der Waals surface area contributed by atoms with E-state index in [9.17, 15) is 21.6 Å². The molecular formula is C11H10F3N3O3S. The lowest BCUT2D eigenvalue weighted by Gasteiger charge is -2.10. The molecule has 0 aliphatic carbocycles. The van der Waals surface area contributed by atoms with E-state index in [0.717, 1.165) is 0 Å². The van der Waals surface area contributed by atoms with Gasteiger partial charge in [0.25, 0.3) is 10.0 Å². The Labute approximate surface area is 117 Å². The van der Waals surface area contributed by atoms with Crippen molar-refractivity contribution < 1.29 is 26.7 Å².